The van der Waals surface area contributed by atoms with Gasteiger partial charge in [-0.1, -0.05) is 58.3 Å². The Morgan fingerprint density at radius 2 is 1.46 bits per heavy atom. The highest BCUT2D eigenvalue weighted by molar-refractivity contribution is 5.76. The Balaban J connectivity index is 3.46. The molecule has 0 spiro atoms. The first-order chi connectivity index (χ1) is 11.4. The zero-order chi connectivity index (χ0) is 18.3. The van der Waals surface area contributed by atoms with E-state index in [1.165, 1.54) is 44.9 Å². The molecule has 1 amide bonds. The predicted molar refractivity (Wildman–Crippen MR) is 98.1 cm³/mol. The van der Waals surface area contributed by atoms with Gasteiger partial charge in [0.2, 0.25) is 5.91 Å². The predicted octanol–water partition coefficient (Wildman–Crippen LogP) is 4.25. The summed E-state index contributed by atoms with van der Waals surface area (Å²) in [6, 6.07) is 0. The molecule has 0 fully saturated rings. The summed E-state index contributed by atoms with van der Waals surface area (Å²) in [5, 5.41) is 2.92. The molecule has 24 heavy (non-hydrogen) atoms. The van der Waals surface area contributed by atoms with Gasteiger partial charge in [-0.25, -0.2) is 4.79 Å². The van der Waals surface area contributed by atoms with Crippen molar-refractivity contribution in [2.45, 2.75) is 97.8 Å². The molecular formula is C19H38N2O3. The van der Waals surface area contributed by atoms with Crippen LogP contribution >= 0.6 is 0 Å². The molecule has 0 aromatic heterocycles. The van der Waals surface area contributed by atoms with Crippen LogP contribution in [-0.4, -0.2) is 18.4 Å². The van der Waals surface area contributed by atoms with Crippen LogP contribution in [0.2, 0.25) is 0 Å². The average molecular weight is 343 g/mol. The Hall–Kier alpha value is -1.10. The molecule has 0 aromatic carbocycles. The van der Waals surface area contributed by atoms with Crippen LogP contribution in [0.4, 0.5) is 0 Å². The first-order valence-corrected chi connectivity index (χ1v) is 9.62. The van der Waals surface area contributed by atoms with Crippen molar-refractivity contribution in [3.05, 3.63) is 0 Å². The van der Waals surface area contributed by atoms with Gasteiger partial charge in [-0.05, 0) is 33.1 Å². The monoisotopic (exact) mass is 342 g/mol. The summed E-state index contributed by atoms with van der Waals surface area (Å²) in [5.41, 5.74) is -0.601. The molecule has 0 aliphatic rings. The standard InChI is InChI=1S/C19H38N2O3/c1-4-5-6-7-8-9-10-11-12-14-17(22)21-16-13-15-19(2,3)18(23)24-20/h4-16,20H2,1-3H3,(H,21,22). The van der Waals surface area contributed by atoms with E-state index >= 15 is 0 Å². The largest absolute Gasteiger partial charge is 0.373 e. The van der Waals surface area contributed by atoms with Crippen molar-refractivity contribution in [3.8, 4) is 0 Å². The summed E-state index contributed by atoms with van der Waals surface area (Å²) in [4.78, 5) is 27.4. The van der Waals surface area contributed by atoms with E-state index in [4.69, 9.17) is 5.90 Å². The Labute approximate surface area is 148 Å². The fraction of sp³-hybridized carbons (Fsp3) is 0.895. The van der Waals surface area contributed by atoms with E-state index in [0.717, 1.165) is 19.3 Å². The van der Waals surface area contributed by atoms with Crippen LogP contribution in [0.5, 0.6) is 0 Å². The normalized spacial score (nSPS) is 11.3. The highest BCUT2D eigenvalue weighted by Crippen LogP contribution is 2.23. The fourth-order valence-electron chi connectivity index (χ4n) is 2.70. The number of carbonyl (C=O) groups excluding carboxylic acids is 2. The highest BCUT2D eigenvalue weighted by Gasteiger charge is 2.28. The van der Waals surface area contributed by atoms with Crippen molar-refractivity contribution in [1.29, 1.82) is 0 Å². The minimum Gasteiger partial charge on any atom is -0.373 e. The van der Waals surface area contributed by atoms with Crippen molar-refractivity contribution < 1.29 is 14.4 Å². The lowest BCUT2D eigenvalue weighted by Crippen LogP contribution is -2.31. The Kier molecular flexibility index (Phi) is 13.6. The van der Waals surface area contributed by atoms with Crippen LogP contribution in [0.1, 0.15) is 97.8 Å². The molecule has 0 saturated carbocycles. The van der Waals surface area contributed by atoms with Gasteiger partial charge in [0.05, 0.1) is 5.41 Å². The number of nitrogens with one attached hydrogen (secondary N) is 1. The lowest BCUT2D eigenvalue weighted by atomic mass is 9.88. The number of hydrogen-bond acceptors (Lipinski definition) is 4. The summed E-state index contributed by atoms with van der Waals surface area (Å²) in [7, 11) is 0. The molecule has 0 saturated heterocycles. The molecular weight excluding hydrogens is 304 g/mol. The van der Waals surface area contributed by atoms with Crippen LogP contribution in [0.3, 0.4) is 0 Å². The van der Waals surface area contributed by atoms with E-state index < -0.39 is 11.4 Å². The molecule has 0 aliphatic heterocycles. The lowest BCUT2D eigenvalue weighted by Gasteiger charge is -2.20. The van der Waals surface area contributed by atoms with Gasteiger partial charge in [-0.3, -0.25) is 4.79 Å². The van der Waals surface area contributed by atoms with Crippen LogP contribution < -0.4 is 11.2 Å². The van der Waals surface area contributed by atoms with Gasteiger partial charge in [-0.15, -0.1) is 0 Å². The van der Waals surface area contributed by atoms with Gasteiger partial charge >= 0.3 is 5.97 Å². The van der Waals surface area contributed by atoms with Crippen LogP contribution in [-0.2, 0) is 14.4 Å². The molecule has 142 valence electrons. The van der Waals surface area contributed by atoms with Gasteiger partial charge in [0.15, 0.2) is 0 Å². The molecule has 0 heterocycles. The molecule has 3 N–H and O–H groups in total. The maximum atomic E-state index is 11.7. The number of amides is 1. The van der Waals surface area contributed by atoms with Crippen LogP contribution in [0, 0.1) is 5.41 Å². The zero-order valence-corrected chi connectivity index (χ0v) is 16.0. The molecule has 0 rings (SSSR count). The van der Waals surface area contributed by atoms with Crippen molar-refractivity contribution in [2.24, 2.45) is 11.3 Å². The summed E-state index contributed by atoms with van der Waals surface area (Å²) < 4.78 is 0. The van der Waals surface area contributed by atoms with Gasteiger partial charge < -0.3 is 10.2 Å². The molecule has 0 aliphatic carbocycles. The van der Waals surface area contributed by atoms with Gasteiger partial charge in [0, 0.05) is 13.0 Å². The van der Waals surface area contributed by atoms with E-state index in [0.29, 0.717) is 19.4 Å². The second-order valence-electron chi connectivity index (χ2n) is 7.32. The zero-order valence-electron chi connectivity index (χ0n) is 16.0. The summed E-state index contributed by atoms with van der Waals surface area (Å²) in [6.07, 6.45) is 13.3. The number of nitrogens with two attached hydrogens (primary N) is 1. The Morgan fingerprint density at radius 3 is 2.00 bits per heavy atom. The van der Waals surface area contributed by atoms with Crippen molar-refractivity contribution in [1.82, 2.24) is 5.32 Å². The second-order valence-corrected chi connectivity index (χ2v) is 7.32. The number of rotatable bonds is 15. The Bertz CT molecular complexity index is 344. The average Bonchev–Trinajstić information content (AvgIpc) is 2.56. The maximum absolute atomic E-state index is 11.7. The second kappa shape index (κ2) is 14.3. The van der Waals surface area contributed by atoms with Crippen LogP contribution in [0.25, 0.3) is 0 Å². The van der Waals surface area contributed by atoms with E-state index in [1.807, 2.05) is 0 Å². The topological polar surface area (TPSA) is 81.4 Å². The van der Waals surface area contributed by atoms with Crippen molar-refractivity contribution in [2.75, 3.05) is 6.54 Å². The van der Waals surface area contributed by atoms with E-state index in [9.17, 15) is 9.59 Å². The minimum atomic E-state index is -0.601. The quantitative estimate of drug-likeness (QED) is 0.344. The first-order valence-electron chi connectivity index (χ1n) is 9.62. The fourth-order valence-corrected chi connectivity index (χ4v) is 2.70. The Morgan fingerprint density at radius 1 is 0.917 bits per heavy atom. The third kappa shape index (κ3) is 12.3. The van der Waals surface area contributed by atoms with Crippen molar-refractivity contribution >= 4 is 11.9 Å². The molecule has 0 radical (unpaired) electrons. The maximum Gasteiger partial charge on any atom is 0.329 e. The molecule has 5 nitrogen and oxygen atoms in total. The van der Waals surface area contributed by atoms with E-state index in [-0.39, 0.29) is 5.91 Å². The van der Waals surface area contributed by atoms with Gasteiger partial charge in [0.25, 0.3) is 0 Å². The number of hydrogen-bond donors (Lipinski definition) is 2. The SMILES string of the molecule is CCCCCCCCCCCC(=O)NCCCC(C)(C)C(=O)ON. The third-order valence-corrected chi connectivity index (χ3v) is 4.47. The van der Waals surface area contributed by atoms with Gasteiger partial charge in [-0.2, -0.15) is 5.90 Å². The molecule has 0 aromatic rings. The van der Waals surface area contributed by atoms with Gasteiger partial charge in [0.1, 0.15) is 0 Å². The smallest absolute Gasteiger partial charge is 0.329 e. The summed E-state index contributed by atoms with van der Waals surface area (Å²) in [6.45, 7) is 6.43. The van der Waals surface area contributed by atoms with E-state index in [2.05, 4.69) is 17.1 Å². The van der Waals surface area contributed by atoms with E-state index in [1.54, 1.807) is 13.8 Å². The molecule has 0 bridgehead atoms. The van der Waals surface area contributed by atoms with Crippen LogP contribution in [0.15, 0.2) is 0 Å². The first kappa shape index (κ1) is 22.9. The lowest BCUT2D eigenvalue weighted by molar-refractivity contribution is -0.154. The number of unbranched alkanes of at least 4 members (excludes halogenated alkanes) is 8. The highest BCUT2D eigenvalue weighted by atomic mass is 16.7. The molecule has 0 unspecified atom stereocenters. The van der Waals surface area contributed by atoms with Crippen molar-refractivity contribution in [3.63, 3.8) is 0 Å². The molecule has 5 heteroatoms. The minimum absolute atomic E-state index is 0.108. The number of carbonyl (C=O) groups is 2. The summed E-state index contributed by atoms with van der Waals surface area (Å²) in [5.74, 6) is 4.61. The third-order valence-electron chi connectivity index (χ3n) is 4.47. The summed E-state index contributed by atoms with van der Waals surface area (Å²) >= 11 is 0. The molecule has 0 atom stereocenters.